The molecule has 0 radical (unpaired) electrons. The summed E-state index contributed by atoms with van der Waals surface area (Å²) in [5.74, 6) is -2.86. The molecule has 4 rings (SSSR count). The summed E-state index contributed by atoms with van der Waals surface area (Å²) in [6, 6.07) is 13.8. The monoisotopic (exact) mass is 451 g/mol. The second kappa shape index (κ2) is 8.74. The number of carbonyl (C=O) groups excluding carboxylic acids is 2. The molecule has 3 aromatic rings. The number of hydrogen-bond donors (Lipinski definition) is 1. The number of carbonyl (C=O) groups is 2. The van der Waals surface area contributed by atoms with Crippen molar-refractivity contribution in [2.45, 2.75) is 6.04 Å². The fraction of sp³-hybridized carbons (Fsp3) is 0.120. The van der Waals surface area contributed by atoms with E-state index in [0.717, 1.165) is 11.0 Å². The summed E-state index contributed by atoms with van der Waals surface area (Å²) >= 11 is 0. The molecule has 1 aliphatic rings. The molecule has 168 valence electrons. The first-order valence-electron chi connectivity index (χ1n) is 9.90. The highest BCUT2D eigenvalue weighted by Crippen LogP contribution is 2.43. The highest BCUT2D eigenvalue weighted by atomic mass is 19.1. The maximum atomic E-state index is 14.0. The van der Waals surface area contributed by atoms with Crippen molar-refractivity contribution >= 4 is 23.1 Å². The smallest absolute Gasteiger partial charge is 0.300 e. The fourth-order valence-corrected chi connectivity index (χ4v) is 3.82. The van der Waals surface area contributed by atoms with Crippen molar-refractivity contribution in [3.63, 3.8) is 0 Å². The number of amides is 1. The first kappa shape index (κ1) is 22.0. The van der Waals surface area contributed by atoms with Crippen LogP contribution < -0.4 is 14.4 Å². The van der Waals surface area contributed by atoms with E-state index in [0.29, 0.717) is 11.3 Å². The van der Waals surface area contributed by atoms with E-state index in [2.05, 4.69) is 0 Å². The van der Waals surface area contributed by atoms with E-state index in [1.807, 2.05) is 0 Å². The number of halogens is 2. The van der Waals surface area contributed by atoms with Crippen LogP contribution in [0.25, 0.3) is 5.76 Å². The number of aliphatic hydroxyl groups is 1. The quantitative estimate of drug-likeness (QED) is 0.348. The lowest BCUT2D eigenvalue weighted by molar-refractivity contribution is -0.132. The minimum Gasteiger partial charge on any atom is -0.507 e. The second-order valence-corrected chi connectivity index (χ2v) is 7.27. The summed E-state index contributed by atoms with van der Waals surface area (Å²) in [4.78, 5) is 27.3. The number of nitrogens with zero attached hydrogens (tertiary/aromatic N) is 1. The molecule has 1 heterocycles. The second-order valence-electron chi connectivity index (χ2n) is 7.27. The van der Waals surface area contributed by atoms with Gasteiger partial charge in [0, 0.05) is 11.8 Å². The molecule has 33 heavy (non-hydrogen) atoms. The van der Waals surface area contributed by atoms with Gasteiger partial charge >= 0.3 is 0 Å². The number of aliphatic hydroxyl groups excluding tert-OH is 1. The van der Waals surface area contributed by atoms with Crippen molar-refractivity contribution in [3.8, 4) is 11.5 Å². The zero-order chi connectivity index (χ0) is 23.7. The normalized spacial score (nSPS) is 17.3. The number of rotatable bonds is 5. The summed E-state index contributed by atoms with van der Waals surface area (Å²) < 4.78 is 38.1. The number of hydrogen-bond acceptors (Lipinski definition) is 5. The first-order valence-corrected chi connectivity index (χ1v) is 9.90. The van der Waals surface area contributed by atoms with E-state index in [9.17, 15) is 23.5 Å². The lowest BCUT2D eigenvalue weighted by Crippen LogP contribution is -2.29. The summed E-state index contributed by atoms with van der Waals surface area (Å²) in [5, 5.41) is 11.2. The van der Waals surface area contributed by atoms with E-state index < -0.39 is 35.1 Å². The van der Waals surface area contributed by atoms with Crippen LogP contribution in [0.2, 0.25) is 0 Å². The first-order chi connectivity index (χ1) is 15.8. The Bertz CT molecular complexity index is 1270. The average molecular weight is 451 g/mol. The molecular formula is C25H19F2NO5. The molecule has 3 aromatic carbocycles. The van der Waals surface area contributed by atoms with E-state index in [1.54, 1.807) is 6.07 Å². The average Bonchev–Trinajstić information content (AvgIpc) is 3.09. The number of Topliss-reactive ketones (excluding diaryl/α,β-unsaturated/α-hetero) is 1. The van der Waals surface area contributed by atoms with Gasteiger partial charge in [-0.1, -0.05) is 18.2 Å². The van der Waals surface area contributed by atoms with Gasteiger partial charge in [0.25, 0.3) is 11.7 Å². The summed E-state index contributed by atoms with van der Waals surface area (Å²) in [6.07, 6.45) is 0. The van der Waals surface area contributed by atoms with Crippen molar-refractivity contribution in [3.05, 3.63) is 95.1 Å². The van der Waals surface area contributed by atoms with Gasteiger partial charge in [-0.2, -0.15) is 0 Å². The van der Waals surface area contributed by atoms with Gasteiger partial charge < -0.3 is 14.6 Å². The van der Waals surface area contributed by atoms with Crippen molar-refractivity contribution < 1.29 is 33.0 Å². The Morgan fingerprint density at radius 1 is 0.909 bits per heavy atom. The molecule has 6 nitrogen and oxygen atoms in total. The Morgan fingerprint density at radius 3 is 2.27 bits per heavy atom. The molecule has 1 fully saturated rings. The third-order valence-corrected chi connectivity index (χ3v) is 5.38. The van der Waals surface area contributed by atoms with Crippen LogP contribution in [0.4, 0.5) is 14.5 Å². The van der Waals surface area contributed by atoms with Gasteiger partial charge in [-0.25, -0.2) is 8.78 Å². The van der Waals surface area contributed by atoms with Crippen molar-refractivity contribution in [1.82, 2.24) is 0 Å². The Kier molecular flexibility index (Phi) is 5.83. The molecule has 1 N–H and O–H groups in total. The van der Waals surface area contributed by atoms with Gasteiger partial charge in [-0.3, -0.25) is 14.5 Å². The predicted octanol–water partition coefficient (Wildman–Crippen LogP) is 4.61. The van der Waals surface area contributed by atoms with E-state index in [-0.39, 0.29) is 22.6 Å². The van der Waals surface area contributed by atoms with E-state index in [4.69, 9.17) is 9.47 Å². The van der Waals surface area contributed by atoms with Gasteiger partial charge in [0.1, 0.15) is 28.9 Å². The fourth-order valence-electron chi connectivity index (χ4n) is 3.82. The van der Waals surface area contributed by atoms with Crippen LogP contribution in [0.15, 0.2) is 72.3 Å². The molecule has 0 saturated carbocycles. The summed E-state index contributed by atoms with van der Waals surface area (Å²) in [7, 11) is 2.85. The van der Waals surface area contributed by atoms with Gasteiger partial charge in [-0.05, 0) is 48.0 Å². The standard InChI is InChI=1S/C25H19F2NO5/c1-32-18-10-11-19(20(13-18)33-2)23(29)21-22(14-6-8-15(26)9-7-14)28(25(31)24(21)30)17-5-3-4-16(27)12-17/h3-13,22,29H,1-2H3/b23-21-. The van der Waals surface area contributed by atoms with Crippen LogP contribution in [-0.4, -0.2) is 31.0 Å². The van der Waals surface area contributed by atoms with Gasteiger partial charge in [0.15, 0.2) is 0 Å². The molecule has 0 spiro atoms. The zero-order valence-electron chi connectivity index (χ0n) is 17.7. The Labute approximate surface area is 188 Å². The Morgan fingerprint density at radius 2 is 1.64 bits per heavy atom. The van der Waals surface area contributed by atoms with Crippen molar-refractivity contribution in [2.24, 2.45) is 0 Å². The lowest BCUT2D eigenvalue weighted by atomic mass is 9.94. The minimum absolute atomic E-state index is 0.118. The Balaban J connectivity index is 1.97. The molecule has 0 bridgehead atoms. The van der Waals surface area contributed by atoms with Crippen LogP contribution in [0, 0.1) is 11.6 Å². The summed E-state index contributed by atoms with van der Waals surface area (Å²) in [6.45, 7) is 0. The summed E-state index contributed by atoms with van der Waals surface area (Å²) in [5.41, 5.74) is 0.392. The van der Waals surface area contributed by atoms with Crippen LogP contribution in [0.1, 0.15) is 17.2 Å². The van der Waals surface area contributed by atoms with Crippen LogP contribution in [0.3, 0.4) is 0 Å². The van der Waals surface area contributed by atoms with Gasteiger partial charge in [0.05, 0.1) is 31.4 Å². The zero-order valence-corrected chi connectivity index (χ0v) is 17.7. The number of benzene rings is 3. The molecule has 1 saturated heterocycles. The van der Waals surface area contributed by atoms with Crippen LogP contribution >= 0.6 is 0 Å². The Hall–Kier alpha value is -4.20. The SMILES string of the molecule is COc1ccc(/C(O)=C2/C(=O)C(=O)N(c3cccc(F)c3)C2c2ccc(F)cc2)c(OC)c1. The largest absolute Gasteiger partial charge is 0.507 e. The molecule has 1 unspecified atom stereocenters. The third-order valence-electron chi connectivity index (χ3n) is 5.38. The van der Waals surface area contributed by atoms with Crippen molar-refractivity contribution in [2.75, 3.05) is 19.1 Å². The van der Waals surface area contributed by atoms with Crippen LogP contribution in [-0.2, 0) is 9.59 Å². The lowest BCUT2D eigenvalue weighted by Gasteiger charge is -2.25. The van der Waals surface area contributed by atoms with Crippen LogP contribution in [0.5, 0.6) is 11.5 Å². The molecule has 1 aliphatic heterocycles. The molecular weight excluding hydrogens is 432 g/mol. The molecule has 0 aliphatic carbocycles. The van der Waals surface area contributed by atoms with Gasteiger partial charge in [0.2, 0.25) is 0 Å². The van der Waals surface area contributed by atoms with Crippen molar-refractivity contribution in [1.29, 1.82) is 0 Å². The van der Waals surface area contributed by atoms with E-state index >= 15 is 0 Å². The number of methoxy groups -OCH3 is 2. The minimum atomic E-state index is -1.13. The maximum absolute atomic E-state index is 14.0. The maximum Gasteiger partial charge on any atom is 0.300 e. The van der Waals surface area contributed by atoms with E-state index in [1.165, 1.54) is 68.8 Å². The topological polar surface area (TPSA) is 76.1 Å². The highest BCUT2D eigenvalue weighted by Gasteiger charge is 2.47. The highest BCUT2D eigenvalue weighted by molar-refractivity contribution is 6.51. The van der Waals surface area contributed by atoms with Gasteiger partial charge in [-0.15, -0.1) is 0 Å². The molecule has 1 atom stereocenters. The molecule has 8 heteroatoms. The molecule has 1 amide bonds. The number of ketones is 1. The number of anilines is 1. The molecule has 0 aromatic heterocycles. The number of ether oxygens (including phenoxy) is 2. The third kappa shape index (κ3) is 3.91. The predicted molar refractivity (Wildman–Crippen MR) is 117 cm³/mol.